The Morgan fingerprint density at radius 3 is 2.48 bits per heavy atom. The maximum absolute atomic E-state index is 12.4. The van der Waals surface area contributed by atoms with E-state index in [-0.39, 0.29) is 12.4 Å². The number of pyridine rings is 1. The number of hydrogen-bond acceptors (Lipinski definition) is 4. The maximum atomic E-state index is 12.4. The number of nitrogens with zero attached hydrogens (tertiary/aromatic N) is 1. The highest BCUT2D eigenvalue weighted by Crippen LogP contribution is 2.30. The van der Waals surface area contributed by atoms with Crippen LogP contribution in [0.25, 0.3) is 0 Å². The number of aromatic hydroxyl groups is 1. The average molecular weight is 326 g/mol. The Labute approximate surface area is 131 Å². The number of ether oxygens (including phenoxy) is 1. The molecule has 0 unspecified atom stereocenters. The van der Waals surface area contributed by atoms with Crippen LogP contribution in [-0.2, 0) is 12.7 Å². The predicted octanol–water partition coefficient (Wildman–Crippen LogP) is 3.28. The largest absolute Gasteiger partial charge is 0.506 e. The molecule has 0 fully saturated rings. The summed E-state index contributed by atoms with van der Waals surface area (Å²) in [4.78, 5) is 4.20. The van der Waals surface area contributed by atoms with Crippen molar-refractivity contribution in [1.82, 2.24) is 10.3 Å². The van der Waals surface area contributed by atoms with Crippen molar-refractivity contribution in [2.24, 2.45) is 0 Å². The molecule has 2 rings (SSSR count). The van der Waals surface area contributed by atoms with E-state index in [0.29, 0.717) is 24.5 Å². The van der Waals surface area contributed by atoms with Crippen molar-refractivity contribution in [2.45, 2.75) is 19.6 Å². The molecule has 0 bridgehead atoms. The molecule has 1 heterocycles. The lowest BCUT2D eigenvalue weighted by atomic mass is 10.2. The second-order valence-electron chi connectivity index (χ2n) is 4.97. The number of aromatic nitrogens is 1. The molecule has 1 aromatic heterocycles. The summed E-state index contributed by atoms with van der Waals surface area (Å²) in [6, 6.07) is 7.84. The van der Waals surface area contributed by atoms with Gasteiger partial charge in [0.25, 0.3) is 0 Å². The fourth-order valence-corrected chi connectivity index (χ4v) is 1.92. The van der Waals surface area contributed by atoms with Gasteiger partial charge in [0.05, 0.1) is 11.3 Å². The van der Waals surface area contributed by atoms with Crippen LogP contribution >= 0.6 is 0 Å². The molecule has 0 aliphatic carbocycles. The number of alkyl halides is 3. The molecule has 0 spiro atoms. The van der Waals surface area contributed by atoms with Crippen molar-refractivity contribution in [3.8, 4) is 11.5 Å². The lowest BCUT2D eigenvalue weighted by Crippen LogP contribution is -2.21. The lowest BCUT2D eigenvalue weighted by Gasteiger charge is -2.10. The second-order valence-corrected chi connectivity index (χ2v) is 4.97. The van der Waals surface area contributed by atoms with Gasteiger partial charge in [-0.1, -0.05) is 0 Å². The molecule has 1 aromatic carbocycles. The molecule has 7 heteroatoms. The molecule has 0 aliphatic rings. The van der Waals surface area contributed by atoms with Crippen LogP contribution in [0.4, 0.5) is 13.2 Å². The molecular formula is C16H17F3N2O2. The van der Waals surface area contributed by atoms with Crippen LogP contribution in [0.2, 0.25) is 0 Å². The molecule has 2 N–H and O–H groups in total. The van der Waals surface area contributed by atoms with Crippen LogP contribution in [0.3, 0.4) is 0 Å². The van der Waals surface area contributed by atoms with Crippen molar-refractivity contribution < 1.29 is 23.0 Å². The van der Waals surface area contributed by atoms with Crippen molar-refractivity contribution in [3.63, 3.8) is 0 Å². The summed E-state index contributed by atoms with van der Waals surface area (Å²) in [7, 11) is 0. The van der Waals surface area contributed by atoms with Gasteiger partial charge in [0.2, 0.25) is 0 Å². The highest BCUT2D eigenvalue weighted by Gasteiger charge is 2.29. The van der Waals surface area contributed by atoms with Gasteiger partial charge in [-0.05, 0) is 43.3 Å². The standard InChI is InChI=1S/C16H17F3N2O2/c1-11-2-7-15(22)14(21-11)10-20-8-9-23-13-5-3-12(4-6-13)16(17,18)19/h2-7,20,22H,8-10H2,1H3. The number of benzene rings is 1. The number of nitrogens with one attached hydrogen (secondary N) is 1. The zero-order chi connectivity index (χ0) is 16.9. The zero-order valence-corrected chi connectivity index (χ0v) is 12.5. The first kappa shape index (κ1) is 17.1. The topological polar surface area (TPSA) is 54.4 Å². The lowest BCUT2D eigenvalue weighted by molar-refractivity contribution is -0.137. The van der Waals surface area contributed by atoms with E-state index in [4.69, 9.17) is 4.74 Å². The van der Waals surface area contributed by atoms with Crippen molar-refractivity contribution in [2.75, 3.05) is 13.2 Å². The number of rotatable bonds is 6. The summed E-state index contributed by atoms with van der Waals surface area (Å²) in [5.74, 6) is 0.489. The molecule has 0 atom stereocenters. The zero-order valence-electron chi connectivity index (χ0n) is 12.5. The summed E-state index contributed by atoms with van der Waals surface area (Å²) in [5.41, 5.74) is 0.643. The first-order valence-corrected chi connectivity index (χ1v) is 7.02. The quantitative estimate of drug-likeness (QED) is 0.800. The molecule has 4 nitrogen and oxygen atoms in total. The van der Waals surface area contributed by atoms with E-state index < -0.39 is 11.7 Å². The highest BCUT2D eigenvalue weighted by atomic mass is 19.4. The van der Waals surface area contributed by atoms with Gasteiger partial charge in [-0.3, -0.25) is 4.98 Å². The van der Waals surface area contributed by atoms with E-state index >= 15 is 0 Å². The Kier molecular flexibility index (Phi) is 5.44. The molecule has 0 saturated heterocycles. The van der Waals surface area contributed by atoms with Gasteiger partial charge in [-0.15, -0.1) is 0 Å². The van der Waals surface area contributed by atoms with E-state index in [2.05, 4.69) is 10.3 Å². The van der Waals surface area contributed by atoms with Gasteiger partial charge in [0, 0.05) is 18.8 Å². The average Bonchev–Trinajstić information content (AvgIpc) is 2.50. The smallest absolute Gasteiger partial charge is 0.416 e. The van der Waals surface area contributed by atoms with Crippen LogP contribution in [0.15, 0.2) is 36.4 Å². The maximum Gasteiger partial charge on any atom is 0.416 e. The van der Waals surface area contributed by atoms with Gasteiger partial charge in [0.15, 0.2) is 0 Å². The van der Waals surface area contributed by atoms with E-state index in [0.717, 1.165) is 17.8 Å². The van der Waals surface area contributed by atoms with Gasteiger partial charge < -0.3 is 15.2 Å². The van der Waals surface area contributed by atoms with Gasteiger partial charge in [0.1, 0.15) is 18.1 Å². The van der Waals surface area contributed by atoms with Gasteiger partial charge in [-0.2, -0.15) is 13.2 Å². The van der Waals surface area contributed by atoms with E-state index in [1.807, 2.05) is 6.92 Å². The molecule has 23 heavy (non-hydrogen) atoms. The number of halogens is 3. The monoisotopic (exact) mass is 326 g/mol. The van der Waals surface area contributed by atoms with E-state index in [9.17, 15) is 18.3 Å². The Hall–Kier alpha value is -2.28. The molecule has 0 aliphatic heterocycles. The van der Waals surface area contributed by atoms with E-state index in [1.165, 1.54) is 12.1 Å². The molecular weight excluding hydrogens is 309 g/mol. The Morgan fingerprint density at radius 1 is 1.13 bits per heavy atom. The highest BCUT2D eigenvalue weighted by molar-refractivity contribution is 5.29. The van der Waals surface area contributed by atoms with Crippen molar-refractivity contribution >= 4 is 0 Å². The molecule has 0 saturated carbocycles. The summed E-state index contributed by atoms with van der Waals surface area (Å²) in [6.45, 7) is 2.97. The molecule has 124 valence electrons. The number of hydrogen-bond donors (Lipinski definition) is 2. The third kappa shape index (κ3) is 5.14. The molecule has 0 radical (unpaired) electrons. The fraction of sp³-hybridized carbons (Fsp3) is 0.312. The van der Waals surface area contributed by atoms with Gasteiger partial charge in [-0.25, -0.2) is 0 Å². The third-order valence-corrected chi connectivity index (χ3v) is 3.11. The van der Waals surface area contributed by atoms with Crippen molar-refractivity contribution in [3.05, 3.63) is 53.3 Å². The minimum absolute atomic E-state index is 0.117. The normalized spacial score (nSPS) is 11.5. The first-order valence-electron chi connectivity index (χ1n) is 7.02. The van der Waals surface area contributed by atoms with Crippen LogP contribution in [0, 0.1) is 6.92 Å². The van der Waals surface area contributed by atoms with Crippen molar-refractivity contribution in [1.29, 1.82) is 0 Å². The second kappa shape index (κ2) is 7.32. The fourth-order valence-electron chi connectivity index (χ4n) is 1.92. The summed E-state index contributed by atoms with van der Waals surface area (Å²) < 4.78 is 42.6. The molecule has 0 amide bonds. The summed E-state index contributed by atoms with van der Waals surface area (Å²) in [6.07, 6.45) is -4.34. The Balaban J connectivity index is 1.74. The summed E-state index contributed by atoms with van der Waals surface area (Å²) in [5, 5.41) is 12.7. The minimum Gasteiger partial charge on any atom is -0.506 e. The number of aryl methyl sites for hydroxylation is 1. The van der Waals surface area contributed by atoms with Crippen LogP contribution in [0.5, 0.6) is 11.5 Å². The predicted molar refractivity (Wildman–Crippen MR) is 79.3 cm³/mol. The molecule has 2 aromatic rings. The van der Waals surface area contributed by atoms with Gasteiger partial charge >= 0.3 is 6.18 Å². The SMILES string of the molecule is Cc1ccc(O)c(CNCCOc2ccc(C(F)(F)F)cc2)n1. The van der Waals surface area contributed by atoms with Crippen LogP contribution in [0.1, 0.15) is 17.0 Å². The third-order valence-electron chi connectivity index (χ3n) is 3.11. The van der Waals surface area contributed by atoms with Crippen LogP contribution < -0.4 is 10.1 Å². The first-order chi connectivity index (χ1) is 10.9. The Bertz CT molecular complexity index is 643. The van der Waals surface area contributed by atoms with Crippen LogP contribution in [-0.4, -0.2) is 23.2 Å². The minimum atomic E-state index is -4.34. The Morgan fingerprint density at radius 2 is 1.83 bits per heavy atom. The van der Waals surface area contributed by atoms with E-state index in [1.54, 1.807) is 12.1 Å². The summed E-state index contributed by atoms with van der Waals surface area (Å²) >= 11 is 0.